The Balaban J connectivity index is 1.65. The molecule has 0 saturated carbocycles. The number of hydrogen-bond acceptors (Lipinski definition) is 4. The molecule has 6 heteroatoms. The number of allylic oxidation sites excluding steroid dienone is 2. The van der Waals surface area contributed by atoms with Gasteiger partial charge in [0.05, 0.1) is 11.5 Å². The molecule has 3 unspecified atom stereocenters. The summed E-state index contributed by atoms with van der Waals surface area (Å²) in [5.41, 5.74) is 16.1. The van der Waals surface area contributed by atoms with Crippen molar-refractivity contribution in [2.45, 2.75) is 30.3 Å². The summed E-state index contributed by atoms with van der Waals surface area (Å²) in [5, 5.41) is 4.45. The van der Waals surface area contributed by atoms with E-state index < -0.39 is 5.54 Å². The minimum Gasteiger partial charge on any atom is -0.323 e. The van der Waals surface area contributed by atoms with E-state index >= 15 is 0 Å². The van der Waals surface area contributed by atoms with E-state index in [4.69, 9.17) is 34.7 Å². The molecule has 1 heterocycles. The molecule has 30 heavy (non-hydrogen) atoms. The van der Waals surface area contributed by atoms with Crippen molar-refractivity contribution in [2.24, 2.45) is 11.5 Å². The van der Waals surface area contributed by atoms with Gasteiger partial charge >= 0.3 is 0 Å². The molecule has 154 valence electrons. The van der Waals surface area contributed by atoms with Gasteiger partial charge in [0, 0.05) is 27.7 Å². The molecule has 1 aromatic heterocycles. The van der Waals surface area contributed by atoms with Crippen molar-refractivity contribution in [3.05, 3.63) is 110 Å². The van der Waals surface area contributed by atoms with Crippen molar-refractivity contribution in [3.63, 3.8) is 0 Å². The van der Waals surface area contributed by atoms with Gasteiger partial charge in [0.2, 0.25) is 0 Å². The lowest BCUT2D eigenvalue weighted by Crippen LogP contribution is -2.54. The van der Waals surface area contributed by atoms with Crippen molar-refractivity contribution < 1.29 is 0 Å². The maximum Gasteiger partial charge on any atom is 0.104 e. The Morgan fingerprint density at radius 2 is 1.70 bits per heavy atom. The van der Waals surface area contributed by atoms with Gasteiger partial charge in [-0.25, -0.2) is 4.98 Å². The minimum absolute atomic E-state index is 0.00975. The second-order valence-corrected chi connectivity index (χ2v) is 9.42. The number of aromatic nitrogens is 1. The highest BCUT2D eigenvalue weighted by atomic mass is 35.5. The maximum absolute atomic E-state index is 6.85. The molecular formula is C24H23Cl2N3S. The summed E-state index contributed by atoms with van der Waals surface area (Å²) >= 11 is 13.8. The normalized spacial score (nSPS) is 22.0. The summed E-state index contributed by atoms with van der Waals surface area (Å²) in [5.74, 6) is -0.00975. The Morgan fingerprint density at radius 3 is 2.33 bits per heavy atom. The van der Waals surface area contributed by atoms with Crippen LogP contribution in [0.25, 0.3) is 0 Å². The molecule has 1 aliphatic rings. The van der Waals surface area contributed by atoms with Gasteiger partial charge in [-0.2, -0.15) is 0 Å². The first-order valence-corrected chi connectivity index (χ1v) is 11.4. The highest BCUT2D eigenvalue weighted by Gasteiger charge is 2.34. The fourth-order valence-electron chi connectivity index (χ4n) is 3.79. The predicted molar refractivity (Wildman–Crippen MR) is 127 cm³/mol. The van der Waals surface area contributed by atoms with Crippen LogP contribution in [-0.2, 0) is 6.42 Å². The number of aryl methyl sites for hydroxylation is 1. The highest BCUT2D eigenvalue weighted by Crippen LogP contribution is 2.38. The number of rotatable bonds is 6. The monoisotopic (exact) mass is 455 g/mol. The molecule has 0 aliphatic heterocycles. The van der Waals surface area contributed by atoms with E-state index in [2.05, 4.69) is 17.1 Å². The topological polar surface area (TPSA) is 64.9 Å². The van der Waals surface area contributed by atoms with Crippen LogP contribution in [0.1, 0.15) is 28.5 Å². The van der Waals surface area contributed by atoms with Gasteiger partial charge in [-0.15, -0.1) is 11.3 Å². The van der Waals surface area contributed by atoms with Gasteiger partial charge in [-0.3, -0.25) is 0 Å². The Kier molecular flexibility index (Phi) is 6.42. The van der Waals surface area contributed by atoms with Crippen LogP contribution in [0.4, 0.5) is 0 Å². The van der Waals surface area contributed by atoms with Gasteiger partial charge in [0.25, 0.3) is 0 Å². The second kappa shape index (κ2) is 9.04. The zero-order valence-corrected chi connectivity index (χ0v) is 18.7. The molecule has 4 rings (SSSR count). The number of benzene rings is 2. The molecule has 1 aliphatic carbocycles. The van der Waals surface area contributed by atoms with Crippen LogP contribution < -0.4 is 11.5 Å². The van der Waals surface area contributed by atoms with Crippen molar-refractivity contribution in [2.75, 3.05) is 0 Å². The van der Waals surface area contributed by atoms with Crippen LogP contribution in [0.2, 0.25) is 10.0 Å². The Bertz CT molecular complexity index is 1040. The number of halogens is 2. The molecule has 3 atom stereocenters. The van der Waals surface area contributed by atoms with Gasteiger partial charge in [-0.1, -0.05) is 65.7 Å². The molecule has 0 bridgehead atoms. The molecule has 4 N–H and O–H groups in total. The van der Waals surface area contributed by atoms with Crippen LogP contribution in [0, 0.1) is 0 Å². The Hall–Kier alpha value is -1.95. The van der Waals surface area contributed by atoms with Crippen LogP contribution in [0.3, 0.4) is 0 Å². The summed E-state index contributed by atoms with van der Waals surface area (Å²) in [6, 6.07) is 15.5. The van der Waals surface area contributed by atoms with Crippen LogP contribution >= 0.6 is 34.5 Å². The van der Waals surface area contributed by atoms with E-state index in [-0.39, 0.29) is 12.0 Å². The van der Waals surface area contributed by atoms with Gasteiger partial charge in [-0.05, 0) is 53.8 Å². The lowest BCUT2D eigenvalue weighted by atomic mass is 9.77. The first-order chi connectivity index (χ1) is 14.4. The first kappa shape index (κ1) is 21.3. The highest BCUT2D eigenvalue weighted by molar-refractivity contribution is 7.09. The zero-order valence-electron chi connectivity index (χ0n) is 16.3. The predicted octanol–water partition coefficient (Wildman–Crippen LogP) is 5.74. The zero-order chi connectivity index (χ0) is 21.1. The molecule has 3 aromatic rings. The van der Waals surface area contributed by atoms with E-state index in [1.54, 1.807) is 11.3 Å². The number of nitrogens with two attached hydrogens (primary N) is 2. The van der Waals surface area contributed by atoms with Gasteiger partial charge in [0.15, 0.2) is 0 Å². The average Bonchev–Trinajstić information content (AvgIpc) is 3.26. The summed E-state index contributed by atoms with van der Waals surface area (Å²) in [6.07, 6.45) is 9.61. The number of thiazole rings is 1. The first-order valence-electron chi connectivity index (χ1n) is 9.79. The fourth-order valence-corrected chi connectivity index (χ4v) is 4.83. The maximum atomic E-state index is 6.85. The summed E-state index contributed by atoms with van der Waals surface area (Å²) in [6.45, 7) is 0. The van der Waals surface area contributed by atoms with E-state index in [1.807, 2.05) is 66.2 Å². The molecule has 0 radical (unpaired) electrons. The largest absolute Gasteiger partial charge is 0.323 e. The number of hydrogen-bond donors (Lipinski definition) is 2. The third kappa shape index (κ3) is 4.69. The van der Waals surface area contributed by atoms with Crippen LogP contribution in [0.5, 0.6) is 0 Å². The third-order valence-electron chi connectivity index (χ3n) is 5.55. The Morgan fingerprint density at radius 1 is 1.03 bits per heavy atom. The standard InChI is InChI=1S/C24H23Cl2N3S/c25-19-6-1-16(2-7-19)11-12-24(28)15-18(5-10-21(24)27)22(23-29-13-14-30-23)17-3-8-20(26)9-4-17/h1-10,13-15,21-22H,11-12,27-28H2. The quantitative estimate of drug-likeness (QED) is 0.498. The van der Waals surface area contributed by atoms with E-state index in [0.29, 0.717) is 5.02 Å². The summed E-state index contributed by atoms with van der Waals surface area (Å²) in [4.78, 5) is 4.59. The molecular weight excluding hydrogens is 433 g/mol. The van der Waals surface area contributed by atoms with Crippen molar-refractivity contribution in [1.82, 2.24) is 4.98 Å². The SMILES string of the molecule is NC1C=CC(C(c2ccc(Cl)cc2)c2nccs2)=CC1(N)CCc1ccc(Cl)cc1. The molecule has 3 nitrogen and oxygen atoms in total. The summed E-state index contributed by atoms with van der Waals surface area (Å²) < 4.78 is 0. The van der Waals surface area contributed by atoms with Crippen molar-refractivity contribution in [3.8, 4) is 0 Å². The molecule has 2 aromatic carbocycles. The third-order valence-corrected chi connectivity index (χ3v) is 6.89. The number of nitrogens with zero attached hydrogens (tertiary/aromatic N) is 1. The minimum atomic E-state index is -0.647. The van der Waals surface area contributed by atoms with Crippen molar-refractivity contribution in [1.29, 1.82) is 0 Å². The Labute approximate surface area is 191 Å². The second-order valence-electron chi connectivity index (χ2n) is 7.62. The average molecular weight is 456 g/mol. The van der Waals surface area contributed by atoms with Crippen molar-refractivity contribution >= 4 is 34.5 Å². The van der Waals surface area contributed by atoms with Gasteiger partial charge in [0.1, 0.15) is 5.01 Å². The van der Waals surface area contributed by atoms with Gasteiger partial charge < -0.3 is 11.5 Å². The summed E-state index contributed by atoms with van der Waals surface area (Å²) in [7, 11) is 0. The lowest BCUT2D eigenvalue weighted by molar-refractivity contribution is 0.432. The molecule has 0 spiro atoms. The van der Waals surface area contributed by atoms with Crippen LogP contribution in [0.15, 0.2) is 83.9 Å². The van der Waals surface area contributed by atoms with Crippen LogP contribution in [-0.4, -0.2) is 16.6 Å². The molecule has 0 amide bonds. The molecule has 0 fully saturated rings. The van der Waals surface area contributed by atoms with E-state index in [0.717, 1.165) is 34.0 Å². The fraction of sp³-hybridized carbons (Fsp3) is 0.208. The van der Waals surface area contributed by atoms with E-state index in [9.17, 15) is 0 Å². The lowest BCUT2D eigenvalue weighted by Gasteiger charge is -2.36. The van der Waals surface area contributed by atoms with E-state index in [1.165, 1.54) is 5.56 Å². The smallest absolute Gasteiger partial charge is 0.104 e. The molecule has 0 saturated heterocycles.